The van der Waals surface area contributed by atoms with Crippen molar-refractivity contribution in [1.82, 2.24) is 0 Å². The molecule has 0 aliphatic heterocycles. The Balaban J connectivity index is 2.38. The Labute approximate surface area is 135 Å². The van der Waals surface area contributed by atoms with E-state index in [1.807, 2.05) is 6.92 Å². The molecule has 0 amide bonds. The number of unbranched alkanes of at least 4 members (excludes halogenated alkanes) is 6. The molecule has 0 unspecified atom stereocenters. The molecule has 0 saturated heterocycles. The van der Waals surface area contributed by atoms with Gasteiger partial charge in [-0.3, -0.25) is 4.18 Å². The van der Waals surface area contributed by atoms with E-state index in [1.54, 1.807) is 18.2 Å². The van der Waals surface area contributed by atoms with Gasteiger partial charge in [0.15, 0.2) is 0 Å². The predicted octanol–water partition coefficient (Wildman–Crippen LogP) is 4.54. The van der Waals surface area contributed by atoms with Crippen molar-refractivity contribution >= 4 is 10.1 Å². The maximum Gasteiger partial charge on any atom is 0.300 e. The fourth-order valence-electron chi connectivity index (χ4n) is 2.22. The van der Waals surface area contributed by atoms with Crippen LogP contribution in [0.15, 0.2) is 29.2 Å². The van der Waals surface area contributed by atoms with Gasteiger partial charge < -0.3 is 4.74 Å². The Morgan fingerprint density at radius 2 is 1.55 bits per heavy atom. The molecular formula is C17H28O4S. The summed E-state index contributed by atoms with van der Waals surface area (Å²) < 4.78 is 34.9. The normalized spacial score (nSPS) is 11.5. The van der Waals surface area contributed by atoms with Crippen LogP contribution in [-0.2, 0) is 14.3 Å². The summed E-state index contributed by atoms with van der Waals surface area (Å²) in [7, 11) is -3.74. The number of hydrogen-bond donors (Lipinski definition) is 0. The average Bonchev–Trinajstić information content (AvgIpc) is 2.51. The first-order chi connectivity index (χ1) is 10.6. The van der Waals surface area contributed by atoms with Crippen LogP contribution in [0.5, 0.6) is 5.75 Å². The van der Waals surface area contributed by atoms with Gasteiger partial charge in [-0.15, -0.1) is 0 Å². The molecule has 0 heterocycles. The minimum atomic E-state index is -3.74. The lowest BCUT2D eigenvalue weighted by Gasteiger charge is -2.10. The largest absolute Gasteiger partial charge is 0.492 e. The van der Waals surface area contributed by atoms with Crippen molar-refractivity contribution in [3.63, 3.8) is 0 Å². The summed E-state index contributed by atoms with van der Waals surface area (Å²) >= 11 is 0. The molecule has 0 fully saturated rings. The van der Waals surface area contributed by atoms with Gasteiger partial charge in [-0.1, -0.05) is 57.6 Å². The number of para-hydroxylation sites is 1. The molecule has 0 radical (unpaired) electrons. The van der Waals surface area contributed by atoms with Crippen LogP contribution in [0.1, 0.15) is 58.8 Å². The molecule has 4 nitrogen and oxygen atoms in total. The summed E-state index contributed by atoms with van der Waals surface area (Å²) in [6.45, 7) is 4.67. The maximum absolute atomic E-state index is 12.2. The fourth-order valence-corrected chi connectivity index (χ4v) is 3.31. The van der Waals surface area contributed by atoms with Crippen molar-refractivity contribution in [1.29, 1.82) is 0 Å². The third-order valence-corrected chi connectivity index (χ3v) is 4.76. The van der Waals surface area contributed by atoms with E-state index in [9.17, 15) is 8.42 Å². The molecule has 0 N–H and O–H groups in total. The van der Waals surface area contributed by atoms with Gasteiger partial charge in [0.1, 0.15) is 10.6 Å². The Morgan fingerprint density at radius 3 is 2.23 bits per heavy atom. The molecule has 0 aromatic heterocycles. The summed E-state index contributed by atoms with van der Waals surface area (Å²) in [5, 5.41) is 0. The molecule has 5 heteroatoms. The lowest BCUT2D eigenvalue weighted by Crippen LogP contribution is -2.09. The van der Waals surface area contributed by atoms with Crippen LogP contribution >= 0.6 is 0 Å². The second kappa shape index (κ2) is 10.6. The van der Waals surface area contributed by atoms with Gasteiger partial charge >= 0.3 is 10.1 Å². The van der Waals surface area contributed by atoms with E-state index >= 15 is 0 Å². The lowest BCUT2D eigenvalue weighted by molar-refractivity contribution is 0.298. The van der Waals surface area contributed by atoms with Crippen molar-refractivity contribution < 1.29 is 17.3 Å². The van der Waals surface area contributed by atoms with E-state index in [0.717, 1.165) is 19.3 Å². The van der Waals surface area contributed by atoms with Crippen molar-refractivity contribution in [3.8, 4) is 5.75 Å². The molecule has 22 heavy (non-hydrogen) atoms. The zero-order valence-corrected chi connectivity index (χ0v) is 14.5. The smallest absolute Gasteiger partial charge is 0.300 e. The SMILES string of the molecule is CCCCCCCCCOS(=O)(=O)c1ccccc1OCC. The van der Waals surface area contributed by atoms with Gasteiger partial charge in [-0.25, -0.2) is 0 Å². The Kier molecular flexibility index (Phi) is 9.16. The van der Waals surface area contributed by atoms with Crippen molar-refractivity contribution in [2.75, 3.05) is 13.2 Å². The molecular weight excluding hydrogens is 300 g/mol. The van der Waals surface area contributed by atoms with Gasteiger partial charge in [0.25, 0.3) is 0 Å². The highest BCUT2D eigenvalue weighted by atomic mass is 32.2. The highest BCUT2D eigenvalue weighted by molar-refractivity contribution is 7.86. The molecule has 0 atom stereocenters. The molecule has 0 aliphatic carbocycles. The molecule has 0 bridgehead atoms. The van der Waals surface area contributed by atoms with E-state index in [1.165, 1.54) is 31.7 Å². The van der Waals surface area contributed by atoms with Crippen molar-refractivity contribution in [2.45, 2.75) is 63.7 Å². The zero-order chi connectivity index (χ0) is 16.3. The summed E-state index contributed by atoms with van der Waals surface area (Å²) in [6.07, 6.45) is 7.90. The Morgan fingerprint density at radius 1 is 0.909 bits per heavy atom. The molecule has 1 aromatic carbocycles. The summed E-state index contributed by atoms with van der Waals surface area (Å²) in [4.78, 5) is 0.111. The number of ether oxygens (including phenoxy) is 1. The lowest BCUT2D eigenvalue weighted by atomic mass is 10.1. The summed E-state index contributed by atoms with van der Waals surface area (Å²) in [6, 6.07) is 6.59. The average molecular weight is 328 g/mol. The first-order valence-electron chi connectivity index (χ1n) is 8.23. The Bertz CT molecular complexity index is 511. The van der Waals surface area contributed by atoms with Crippen LogP contribution in [-0.4, -0.2) is 21.6 Å². The van der Waals surface area contributed by atoms with Gasteiger partial charge in [-0.05, 0) is 25.5 Å². The van der Waals surface area contributed by atoms with Crippen LogP contribution in [0.4, 0.5) is 0 Å². The monoisotopic (exact) mass is 328 g/mol. The third kappa shape index (κ3) is 6.79. The van der Waals surface area contributed by atoms with Crippen molar-refractivity contribution in [3.05, 3.63) is 24.3 Å². The topological polar surface area (TPSA) is 52.6 Å². The second-order valence-corrected chi connectivity index (χ2v) is 6.86. The first-order valence-corrected chi connectivity index (χ1v) is 9.64. The number of hydrogen-bond acceptors (Lipinski definition) is 4. The molecule has 0 spiro atoms. The molecule has 126 valence electrons. The highest BCUT2D eigenvalue weighted by Gasteiger charge is 2.19. The minimum absolute atomic E-state index is 0.111. The van der Waals surface area contributed by atoms with E-state index in [4.69, 9.17) is 8.92 Å². The Hall–Kier alpha value is -1.07. The van der Waals surface area contributed by atoms with Crippen LogP contribution in [0.3, 0.4) is 0 Å². The maximum atomic E-state index is 12.2. The van der Waals surface area contributed by atoms with Crippen molar-refractivity contribution in [2.24, 2.45) is 0 Å². The molecule has 0 saturated carbocycles. The molecule has 1 aromatic rings. The van der Waals surface area contributed by atoms with Gasteiger partial charge in [0.05, 0.1) is 13.2 Å². The second-order valence-electron chi connectivity index (χ2n) is 5.28. The summed E-state index contributed by atoms with van der Waals surface area (Å²) in [5.74, 6) is 0.351. The molecule has 1 rings (SSSR count). The quantitative estimate of drug-likeness (QED) is 0.417. The van der Waals surface area contributed by atoms with E-state index < -0.39 is 10.1 Å². The highest BCUT2D eigenvalue weighted by Crippen LogP contribution is 2.25. The van der Waals surface area contributed by atoms with E-state index in [2.05, 4.69) is 6.92 Å². The molecule has 0 aliphatic rings. The fraction of sp³-hybridized carbons (Fsp3) is 0.647. The third-order valence-electron chi connectivity index (χ3n) is 3.40. The first kappa shape index (κ1) is 19.0. The van der Waals surface area contributed by atoms with Gasteiger partial charge in [-0.2, -0.15) is 8.42 Å². The number of benzene rings is 1. The van der Waals surface area contributed by atoms with Crippen LogP contribution in [0.25, 0.3) is 0 Å². The zero-order valence-electron chi connectivity index (χ0n) is 13.7. The van der Waals surface area contributed by atoms with Crippen LogP contribution in [0, 0.1) is 0 Å². The minimum Gasteiger partial charge on any atom is -0.492 e. The van der Waals surface area contributed by atoms with E-state index in [-0.39, 0.29) is 11.5 Å². The van der Waals surface area contributed by atoms with E-state index in [0.29, 0.717) is 12.4 Å². The van der Waals surface area contributed by atoms with Crippen LogP contribution in [0.2, 0.25) is 0 Å². The van der Waals surface area contributed by atoms with Gasteiger partial charge in [0.2, 0.25) is 0 Å². The predicted molar refractivity (Wildman–Crippen MR) is 88.7 cm³/mol. The number of rotatable bonds is 12. The van der Waals surface area contributed by atoms with Gasteiger partial charge in [0, 0.05) is 0 Å². The standard InChI is InChI=1S/C17H28O4S/c1-3-5-6-7-8-9-12-15-21-22(18,19)17-14-11-10-13-16(17)20-4-2/h10-11,13-14H,3-9,12,15H2,1-2H3. The van der Waals surface area contributed by atoms with Crippen LogP contribution < -0.4 is 4.74 Å². The summed E-state index contributed by atoms with van der Waals surface area (Å²) in [5.41, 5.74) is 0.